The normalized spacial score (nSPS) is 14.6. The molecule has 0 fully saturated rings. The molecule has 2 aromatic heterocycles. The summed E-state index contributed by atoms with van der Waals surface area (Å²) in [6.45, 7) is 7.23. The summed E-state index contributed by atoms with van der Waals surface area (Å²) in [5.74, 6) is 1.26. The lowest BCUT2D eigenvalue weighted by molar-refractivity contribution is 0.321. The number of aromatic amines is 1. The molecule has 0 amide bonds. The molecule has 2 unspecified atom stereocenters. The fraction of sp³-hybridized carbons (Fsp3) is 0.636. The molecule has 7 heteroatoms. The van der Waals surface area contributed by atoms with Crippen molar-refractivity contribution in [3.05, 3.63) is 12.1 Å². The van der Waals surface area contributed by atoms with Crippen LogP contribution in [0.15, 0.2) is 10.7 Å². The van der Waals surface area contributed by atoms with E-state index in [1.165, 1.54) is 0 Å². The Bertz CT molecular complexity index is 466. The van der Waals surface area contributed by atoms with Gasteiger partial charge in [-0.3, -0.25) is 0 Å². The van der Waals surface area contributed by atoms with Crippen molar-refractivity contribution < 1.29 is 4.52 Å². The van der Waals surface area contributed by atoms with Crippen LogP contribution in [0, 0.1) is 0 Å². The summed E-state index contributed by atoms with van der Waals surface area (Å²) < 4.78 is 5.30. The summed E-state index contributed by atoms with van der Waals surface area (Å²) in [6.07, 6.45) is 2.58. The maximum atomic E-state index is 5.30. The van der Waals surface area contributed by atoms with Crippen LogP contribution >= 0.6 is 0 Å². The molecule has 0 aromatic carbocycles. The number of aromatic nitrogens is 5. The van der Waals surface area contributed by atoms with E-state index in [1.807, 2.05) is 0 Å². The molecule has 2 atom stereocenters. The number of hydrogen-bond donors (Lipinski definition) is 2. The minimum atomic E-state index is 0.170. The van der Waals surface area contributed by atoms with Gasteiger partial charge in [-0.05, 0) is 13.0 Å². The molecule has 98 valence electrons. The first-order chi connectivity index (χ1) is 8.76. The third-order valence-corrected chi connectivity index (χ3v) is 2.99. The second-order valence-electron chi connectivity index (χ2n) is 4.17. The predicted molar refractivity (Wildman–Crippen MR) is 65.8 cm³/mol. The molecule has 2 rings (SSSR count). The van der Waals surface area contributed by atoms with Gasteiger partial charge in [-0.2, -0.15) is 20.4 Å². The third-order valence-electron chi connectivity index (χ3n) is 2.99. The number of hydrogen-bond acceptors (Lipinski definition) is 6. The number of H-pyrrole nitrogens is 1. The summed E-state index contributed by atoms with van der Waals surface area (Å²) in [5.41, 5.74) is 0.591. The van der Waals surface area contributed by atoms with Crippen molar-refractivity contribution >= 4 is 0 Å². The summed E-state index contributed by atoms with van der Waals surface area (Å²) >= 11 is 0. The lowest BCUT2D eigenvalue weighted by Gasteiger charge is -2.20. The van der Waals surface area contributed by atoms with Crippen molar-refractivity contribution in [2.45, 2.75) is 39.2 Å². The van der Waals surface area contributed by atoms with Crippen molar-refractivity contribution in [1.82, 2.24) is 30.9 Å². The molecule has 2 heterocycles. The Labute approximate surface area is 105 Å². The van der Waals surface area contributed by atoms with E-state index in [9.17, 15) is 0 Å². The minimum absolute atomic E-state index is 0.170. The lowest BCUT2D eigenvalue weighted by Crippen LogP contribution is -2.33. The van der Waals surface area contributed by atoms with Crippen LogP contribution in [0.4, 0.5) is 0 Å². The maximum Gasteiger partial charge on any atom is 0.231 e. The Morgan fingerprint density at radius 2 is 2.28 bits per heavy atom. The van der Waals surface area contributed by atoms with Crippen molar-refractivity contribution in [1.29, 1.82) is 0 Å². The van der Waals surface area contributed by atoms with Crippen LogP contribution in [0.1, 0.15) is 39.0 Å². The molecule has 0 spiro atoms. The quantitative estimate of drug-likeness (QED) is 0.803. The number of likely N-dealkylation sites (N-methyl/N-ethyl adjacent to an activating group) is 1. The molecule has 0 aliphatic heterocycles. The SMILES string of the molecule is CCNC(CC)C(C)c1nc(-c2cn[nH]n2)no1. The van der Waals surface area contributed by atoms with Crippen LogP contribution in [-0.4, -0.2) is 38.1 Å². The van der Waals surface area contributed by atoms with E-state index in [0.717, 1.165) is 13.0 Å². The first kappa shape index (κ1) is 12.7. The fourth-order valence-electron chi connectivity index (χ4n) is 1.94. The van der Waals surface area contributed by atoms with Gasteiger partial charge in [-0.15, -0.1) is 0 Å². The van der Waals surface area contributed by atoms with E-state index in [0.29, 0.717) is 23.5 Å². The van der Waals surface area contributed by atoms with Crippen LogP contribution in [0.25, 0.3) is 11.5 Å². The Kier molecular flexibility index (Phi) is 4.03. The molecule has 0 aliphatic carbocycles. The van der Waals surface area contributed by atoms with Crippen molar-refractivity contribution in [2.24, 2.45) is 0 Å². The standard InChI is InChI=1S/C11H18N6O/c1-4-8(12-5-2)7(3)11-14-10(16-18-11)9-6-13-17-15-9/h6-8,12H,4-5H2,1-3H3,(H,13,15,17). The smallest absolute Gasteiger partial charge is 0.231 e. The number of rotatable bonds is 6. The first-order valence-corrected chi connectivity index (χ1v) is 6.19. The molecule has 0 radical (unpaired) electrons. The average Bonchev–Trinajstić information content (AvgIpc) is 3.04. The van der Waals surface area contributed by atoms with Crippen molar-refractivity contribution in [3.63, 3.8) is 0 Å². The second kappa shape index (κ2) is 5.72. The Morgan fingerprint density at radius 1 is 1.44 bits per heavy atom. The van der Waals surface area contributed by atoms with Gasteiger partial charge in [0.05, 0.1) is 12.1 Å². The molecule has 0 aliphatic rings. The van der Waals surface area contributed by atoms with Gasteiger partial charge in [0.1, 0.15) is 0 Å². The molecule has 7 nitrogen and oxygen atoms in total. The van der Waals surface area contributed by atoms with E-state index in [4.69, 9.17) is 4.52 Å². The number of nitrogens with one attached hydrogen (secondary N) is 2. The molecular weight excluding hydrogens is 232 g/mol. The minimum Gasteiger partial charge on any atom is -0.339 e. The highest BCUT2D eigenvalue weighted by molar-refractivity contribution is 5.44. The highest BCUT2D eigenvalue weighted by Gasteiger charge is 2.23. The van der Waals surface area contributed by atoms with E-state index in [1.54, 1.807) is 6.20 Å². The van der Waals surface area contributed by atoms with E-state index >= 15 is 0 Å². The average molecular weight is 250 g/mol. The summed E-state index contributed by atoms with van der Waals surface area (Å²) in [6, 6.07) is 0.334. The second-order valence-corrected chi connectivity index (χ2v) is 4.17. The van der Waals surface area contributed by atoms with Crippen molar-refractivity contribution in [3.8, 4) is 11.5 Å². The Morgan fingerprint density at radius 3 is 2.89 bits per heavy atom. The summed E-state index contributed by atoms with van der Waals surface area (Å²) in [5, 5.41) is 17.5. The van der Waals surface area contributed by atoms with E-state index in [-0.39, 0.29) is 5.92 Å². The molecule has 2 N–H and O–H groups in total. The molecule has 0 saturated heterocycles. The molecule has 0 bridgehead atoms. The fourth-order valence-corrected chi connectivity index (χ4v) is 1.94. The summed E-state index contributed by atoms with van der Waals surface area (Å²) in [4.78, 5) is 4.36. The molecular formula is C11H18N6O. The number of nitrogens with zero attached hydrogens (tertiary/aromatic N) is 4. The topological polar surface area (TPSA) is 92.5 Å². The molecule has 2 aromatic rings. The third kappa shape index (κ3) is 2.56. The van der Waals surface area contributed by atoms with Gasteiger partial charge in [0.15, 0.2) is 5.69 Å². The van der Waals surface area contributed by atoms with Crippen LogP contribution in [0.3, 0.4) is 0 Å². The van der Waals surface area contributed by atoms with Gasteiger partial charge in [-0.25, -0.2) is 0 Å². The van der Waals surface area contributed by atoms with Crippen LogP contribution in [0.2, 0.25) is 0 Å². The van der Waals surface area contributed by atoms with E-state index in [2.05, 4.69) is 51.6 Å². The van der Waals surface area contributed by atoms with Crippen molar-refractivity contribution in [2.75, 3.05) is 6.54 Å². The predicted octanol–water partition coefficient (Wildman–Crippen LogP) is 1.35. The zero-order valence-corrected chi connectivity index (χ0v) is 10.8. The van der Waals surface area contributed by atoms with Gasteiger partial charge >= 0.3 is 0 Å². The van der Waals surface area contributed by atoms with Crippen LogP contribution in [-0.2, 0) is 0 Å². The largest absolute Gasteiger partial charge is 0.339 e. The zero-order chi connectivity index (χ0) is 13.0. The van der Waals surface area contributed by atoms with Crippen LogP contribution < -0.4 is 5.32 Å². The maximum absolute atomic E-state index is 5.30. The molecule has 0 saturated carbocycles. The highest BCUT2D eigenvalue weighted by atomic mass is 16.5. The first-order valence-electron chi connectivity index (χ1n) is 6.19. The van der Waals surface area contributed by atoms with Gasteiger partial charge in [-0.1, -0.05) is 25.9 Å². The lowest BCUT2D eigenvalue weighted by atomic mass is 9.99. The van der Waals surface area contributed by atoms with Crippen LogP contribution in [0.5, 0.6) is 0 Å². The van der Waals surface area contributed by atoms with Gasteiger partial charge in [0.25, 0.3) is 0 Å². The van der Waals surface area contributed by atoms with Gasteiger partial charge < -0.3 is 9.84 Å². The van der Waals surface area contributed by atoms with Gasteiger partial charge in [0, 0.05) is 6.04 Å². The summed E-state index contributed by atoms with van der Waals surface area (Å²) in [7, 11) is 0. The Balaban J connectivity index is 2.14. The van der Waals surface area contributed by atoms with E-state index < -0.39 is 0 Å². The van der Waals surface area contributed by atoms with Gasteiger partial charge in [0.2, 0.25) is 11.7 Å². The highest BCUT2D eigenvalue weighted by Crippen LogP contribution is 2.21. The zero-order valence-electron chi connectivity index (χ0n) is 10.8. The monoisotopic (exact) mass is 250 g/mol. The Hall–Kier alpha value is -1.76. The molecule has 18 heavy (non-hydrogen) atoms.